The highest BCUT2D eigenvalue weighted by atomic mass is 16.5. The minimum absolute atomic E-state index is 0.140. The quantitative estimate of drug-likeness (QED) is 0.795. The molecule has 0 spiro atoms. The maximum atomic E-state index is 6.35. The molecule has 0 bridgehead atoms. The Morgan fingerprint density at radius 3 is 2.65 bits per heavy atom. The van der Waals surface area contributed by atoms with Crippen molar-refractivity contribution in [2.45, 2.75) is 32.2 Å². The van der Waals surface area contributed by atoms with Gasteiger partial charge < -0.3 is 20.7 Å². The van der Waals surface area contributed by atoms with Crippen molar-refractivity contribution in [1.82, 2.24) is 9.97 Å². The van der Waals surface area contributed by atoms with Gasteiger partial charge in [0.15, 0.2) is 11.6 Å². The molecule has 1 atom stereocenters. The summed E-state index contributed by atoms with van der Waals surface area (Å²) in [5, 5.41) is 3.30. The van der Waals surface area contributed by atoms with Crippen molar-refractivity contribution in [3.05, 3.63) is 42.2 Å². The fourth-order valence-corrected chi connectivity index (χ4v) is 3.57. The van der Waals surface area contributed by atoms with Gasteiger partial charge in [0, 0.05) is 26.2 Å². The van der Waals surface area contributed by atoms with Crippen molar-refractivity contribution < 1.29 is 4.74 Å². The molecule has 3 N–H and O–H groups in total. The van der Waals surface area contributed by atoms with Crippen LogP contribution in [-0.2, 0) is 11.2 Å². The first-order valence-corrected chi connectivity index (χ1v) is 9.32. The Hall–Kier alpha value is -2.34. The molecule has 1 unspecified atom stereocenters. The standard InChI is InChI=1S/C20H29N5O/c1-15(13-26-2)24-19-18(21)20(23-14-22-19)25-10-8-17(9-11-25)12-16-6-4-3-5-7-16/h3-7,14-15,17H,8-13,21H2,1-2H3,(H,22,23,24). The zero-order valence-corrected chi connectivity index (χ0v) is 15.7. The third-order valence-corrected chi connectivity index (χ3v) is 4.94. The number of nitrogens with one attached hydrogen (secondary N) is 1. The van der Waals surface area contributed by atoms with Crippen LogP contribution in [0.5, 0.6) is 0 Å². The molecule has 1 aliphatic rings. The molecule has 0 radical (unpaired) electrons. The molecular weight excluding hydrogens is 326 g/mol. The van der Waals surface area contributed by atoms with Crippen LogP contribution in [0.4, 0.5) is 17.3 Å². The summed E-state index contributed by atoms with van der Waals surface area (Å²) in [6.45, 7) is 4.60. The van der Waals surface area contributed by atoms with Crippen LogP contribution in [0, 0.1) is 5.92 Å². The van der Waals surface area contributed by atoms with Crippen molar-refractivity contribution in [2.75, 3.05) is 42.8 Å². The zero-order chi connectivity index (χ0) is 18.4. The second-order valence-electron chi connectivity index (χ2n) is 7.08. The van der Waals surface area contributed by atoms with E-state index in [1.807, 2.05) is 6.92 Å². The lowest BCUT2D eigenvalue weighted by atomic mass is 9.90. The van der Waals surface area contributed by atoms with Gasteiger partial charge in [-0.15, -0.1) is 0 Å². The third-order valence-electron chi connectivity index (χ3n) is 4.94. The van der Waals surface area contributed by atoms with Gasteiger partial charge in [0.2, 0.25) is 0 Å². The number of aromatic nitrogens is 2. The summed E-state index contributed by atoms with van der Waals surface area (Å²) in [7, 11) is 1.69. The van der Waals surface area contributed by atoms with Gasteiger partial charge in [-0.3, -0.25) is 0 Å². The summed E-state index contributed by atoms with van der Waals surface area (Å²) in [6.07, 6.45) is 5.04. The number of anilines is 3. The number of hydrogen-bond acceptors (Lipinski definition) is 6. The molecule has 3 rings (SSSR count). The normalized spacial score (nSPS) is 16.5. The summed E-state index contributed by atoms with van der Waals surface area (Å²) < 4.78 is 5.17. The van der Waals surface area contributed by atoms with Crippen molar-refractivity contribution in [2.24, 2.45) is 5.92 Å². The summed E-state index contributed by atoms with van der Waals surface area (Å²) in [4.78, 5) is 11.0. The number of nitrogen functional groups attached to an aromatic ring is 1. The molecule has 1 aromatic carbocycles. The largest absolute Gasteiger partial charge is 0.393 e. The average molecular weight is 355 g/mol. The fraction of sp³-hybridized carbons (Fsp3) is 0.500. The smallest absolute Gasteiger partial charge is 0.157 e. The Morgan fingerprint density at radius 2 is 1.96 bits per heavy atom. The van der Waals surface area contributed by atoms with Gasteiger partial charge in [-0.25, -0.2) is 9.97 Å². The van der Waals surface area contributed by atoms with Crippen LogP contribution in [0.1, 0.15) is 25.3 Å². The van der Waals surface area contributed by atoms with E-state index in [-0.39, 0.29) is 6.04 Å². The molecule has 0 amide bonds. The Balaban J connectivity index is 1.60. The predicted octanol–water partition coefficient (Wildman–Crippen LogP) is 2.96. The molecule has 0 aliphatic carbocycles. The van der Waals surface area contributed by atoms with Crippen LogP contribution >= 0.6 is 0 Å². The third kappa shape index (κ3) is 4.64. The molecule has 1 aromatic heterocycles. The van der Waals surface area contributed by atoms with Gasteiger partial charge in [-0.05, 0) is 37.7 Å². The molecule has 1 fully saturated rings. The van der Waals surface area contributed by atoms with Crippen LogP contribution in [0.15, 0.2) is 36.7 Å². The van der Waals surface area contributed by atoms with Gasteiger partial charge in [0.25, 0.3) is 0 Å². The number of nitrogens with zero attached hydrogens (tertiary/aromatic N) is 3. The van der Waals surface area contributed by atoms with Gasteiger partial charge in [0.1, 0.15) is 12.0 Å². The maximum absolute atomic E-state index is 6.35. The minimum Gasteiger partial charge on any atom is -0.393 e. The number of ether oxygens (including phenoxy) is 1. The highest BCUT2D eigenvalue weighted by molar-refractivity contribution is 5.75. The topological polar surface area (TPSA) is 76.3 Å². The predicted molar refractivity (Wildman–Crippen MR) is 106 cm³/mol. The molecule has 2 heterocycles. The molecule has 1 aliphatic heterocycles. The molecule has 6 heteroatoms. The van der Waals surface area contributed by atoms with E-state index in [9.17, 15) is 0 Å². The van der Waals surface area contributed by atoms with E-state index >= 15 is 0 Å². The molecule has 0 saturated carbocycles. The summed E-state index contributed by atoms with van der Waals surface area (Å²) in [5.74, 6) is 2.24. The van der Waals surface area contributed by atoms with Gasteiger partial charge in [-0.1, -0.05) is 30.3 Å². The lowest BCUT2D eigenvalue weighted by Gasteiger charge is -2.33. The molecular formula is C20H29N5O. The van der Waals surface area contributed by atoms with E-state index in [1.165, 1.54) is 5.56 Å². The summed E-state index contributed by atoms with van der Waals surface area (Å²) in [5.41, 5.74) is 8.39. The Labute approximate surface area is 155 Å². The molecule has 26 heavy (non-hydrogen) atoms. The van der Waals surface area contributed by atoms with Crippen LogP contribution < -0.4 is 16.0 Å². The first-order valence-electron chi connectivity index (χ1n) is 9.32. The second-order valence-corrected chi connectivity index (χ2v) is 7.08. The first kappa shape index (κ1) is 18.5. The SMILES string of the molecule is COCC(C)Nc1ncnc(N2CCC(Cc3ccccc3)CC2)c1N. The Bertz CT molecular complexity index is 686. The number of piperidine rings is 1. The number of nitrogens with two attached hydrogens (primary N) is 1. The lowest BCUT2D eigenvalue weighted by Crippen LogP contribution is -2.35. The van der Waals surface area contributed by atoms with E-state index in [4.69, 9.17) is 10.5 Å². The summed E-state index contributed by atoms with van der Waals surface area (Å²) in [6, 6.07) is 10.9. The van der Waals surface area contributed by atoms with Crippen molar-refractivity contribution in [1.29, 1.82) is 0 Å². The van der Waals surface area contributed by atoms with E-state index in [0.29, 0.717) is 18.1 Å². The monoisotopic (exact) mass is 355 g/mol. The van der Waals surface area contributed by atoms with Gasteiger partial charge in [0.05, 0.1) is 6.61 Å². The minimum atomic E-state index is 0.140. The summed E-state index contributed by atoms with van der Waals surface area (Å²) >= 11 is 0. The van der Waals surface area contributed by atoms with Crippen LogP contribution in [0.25, 0.3) is 0 Å². The maximum Gasteiger partial charge on any atom is 0.157 e. The van der Waals surface area contributed by atoms with Crippen molar-refractivity contribution in [3.8, 4) is 0 Å². The van der Waals surface area contributed by atoms with Crippen molar-refractivity contribution in [3.63, 3.8) is 0 Å². The highest BCUT2D eigenvalue weighted by Crippen LogP contribution is 2.30. The van der Waals surface area contributed by atoms with Gasteiger partial charge in [-0.2, -0.15) is 0 Å². The fourth-order valence-electron chi connectivity index (χ4n) is 3.57. The highest BCUT2D eigenvalue weighted by Gasteiger charge is 2.23. The molecule has 1 saturated heterocycles. The van der Waals surface area contributed by atoms with E-state index in [2.05, 4.69) is 50.5 Å². The van der Waals surface area contributed by atoms with Crippen LogP contribution in [0.3, 0.4) is 0 Å². The van der Waals surface area contributed by atoms with E-state index in [1.54, 1.807) is 13.4 Å². The molecule has 6 nitrogen and oxygen atoms in total. The van der Waals surface area contributed by atoms with Crippen LogP contribution in [-0.4, -0.2) is 42.8 Å². The Morgan fingerprint density at radius 1 is 1.23 bits per heavy atom. The number of rotatable bonds is 7. The van der Waals surface area contributed by atoms with E-state index in [0.717, 1.165) is 44.1 Å². The second kappa shape index (κ2) is 8.85. The lowest BCUT2D eigenvalue weighted by molar-refractivity contribution is 0.190. The molecule has 2 aromatic rings. The number of benzene rings is 1. The van der Waals surface area contributed by atoms with Crippen molar-refractivity contribution >= 4 is 17.3 Å². The Kier molecular flexibility index (Phi) is 6.28. The average Bonchev–Trinajstić information content (AvgIpc) is 2.65. The number of methoxy groups -OCH3 is 1. The van der Waals surface area contributed by atoms with Crippen LogP contribution in [0.2, 0.25) is 0 Å². The molecule has 140 valence electrons. The van der Waals surface area contributed by atoms with Gasteiger partial charge >= 0.3 is 0 Å². The van der Waals surface area contributed by atoms with E-state index < -0.39 is 0 Å². The number of hydrogen-bond donors (Lipinski definition) is 2. The first-order chi connectivity index (χ1) is 12.7. The zero-order valence-electron chi connectivity index (χ0n) is 15.7.